The lowest BCUT2D eigenvalue weighted by Gasteiger charge is -2.32. The number of alkyl halides is 5. The highest BCUT2D eigenvalue weighted by molar-refractivity contribution is 5.79. The first-order chi connectivity index (χ1) is 8.64. The molecule has 0 saturated heterocycles. The van der Waals surface area contributed by atoms with E-state index < -0.39 is 56.5 Å². The van der Waals surface area contributed by atoms with E-state index in [2.05, 4.69) is 0 Å². The fourth-order valence-corrected chi connectivity index (χ4v) is 2.15. The molecule has 1 aliphatic carbocycles. The molecular formula is C11H16F5NO2. The van der Waals surface area contributed by atoms with Gasteiger partial charge in [0.1, 0.15) is 6.54 Å². The van der Waals surface area contributed by atoms with E-state index in [0.717, 1.165) is 0 Å². The number of carbonyl (C=O) groups is 1. The third-order valence-corrected chi connectivity index (χ3v) is 3.12. The molecule has 1 amide bonds. The molecule has 0 atom stereocenters. The Labute approximate surface area is 107 Å². The monoisotopic (exact) mass is 289 g/mol. The summed E-state index contributed by atoms with van der Waals surface area (Å²) < 4.78 is 62.7. The van der Waals surface area contributed by atoms with Crippen LogP contribution in [0.1, 0.15) is 25.7 Å². The molecule has 1 rings (SSSR count). The van der Waals surface area contributed by atoms with Crippen molar-refractivity contribution < 1.29 is 31.9 Å². The van der Waals surface area contributed by atoms with Gasteiger partial charge in [0.25, 0.3) is 0 Å². The summed E-state index contributed by atoms with van der Waals surface area (Å²) in [6.45, 7) is -2.49. The van der Waals surface area contributed by atoms with Gasteiger partial charge in [-0.1, -0.05) is 0 Å². The normalized spacial score (nSPS) is 20.3. The van der Waals surface area contributed by atoms with Crippen LogP contribution in [0, 0.1) is 5.92 Å². The van der Waals surface area contributed by atoms with E-state index in [0.29, 0.717) is 4.90 Å². The fourth-order valence-electron chi connectivity index (χ4n) is 2.15. The highest BCUT2D eigenvalue weighted by Gasteiger charge is 2.40. The summed E-state index contributed by atoms with van der Waals surface area (Å²) in [5.41, 5.74) is 0. The number of carbonyl (C=O) groups excluding carboxylic acids is 1. The maximum absolute atomic E-state index is 12.9. The molecule has 1 N–H and O–H groups in total. The average Bonchev–Trinajstić information content (AvgIpc) is 2.26. The number of nitrogens with zero attached hydrogens (tertiary/aromatic N) is 1. The van der Waals surface area contributed by atoms with Crippen molar-refractivity contribution in [1.82, 2.24) is 4.90 Å². The van der Waals surface area contributed by atoms with E-state index in [-0.39, 0.29) is 12.8 Å². The van der Waals surface area contributed by atoms with Gasteiger partial charge in [-0.3, -0.25) is 4.79 Å². The number of hydrogen-bond acceptors (Lipinski definition) is 2. The highest BCUT2D eigenvalue weighted by Crippen LogP contribution is 2.37. The van der Waals surface area contributed by atoms with Crippen LogP contribution in [0.4, 0.5) is 22.0 Å². The fraction of sp³-hybridized carbons (Fsp3) is 0.909. The van der Waals surface area contributed by atoms with Gasteiger partial charge in [-0.05, 0) is 12.8 Å². The summed E-state index contributed by atoms with van der Waals surface area (Å²) in [5, 5.41) is 8.68. The standard InChI is InChI=1S/C11H16F5NO2/c12-10(13)3-1-8(2-4-10)9(19)17(5-6-18)7-11(14,15)16/h8,18H,1-7H2. The van der Waals surface area contributed by atoms with Crippen molar-refractivity contribution in [3.63, 3.8) is 0 Å². The molecule has 3 nitrogen and oxygen atoms in total. The summed E-state index contributed by atoms with van der Waals surface area (Å²) in [7, 11) is 0. The molecule has 19 heavy (non-hydrogen) atoms. The van der Waals surface area contributed by atoms with Gasteiger partial charge in [0.15, 0.2) is 0 Å². The van der Waals surface area contributed by atoms with Gasteiger partial charge in [-0.25, -0.2) is 8.78 Å². The molecule has 1 fully saturated rings. The number of hydrogen-bond donors (Lipinski definition) is 1. The maximum Gasteiger partial charge on any atom is 0.406 e. The predicted octanol–water partition coefficient (Wildman–Crippen LogP) is 2.20. The van der Waals surface area contributed by atoms with Gasteiger partial charge in [0.2, 0.25) is 11.8 Å². The number of halogens is 5. The molecule has 0 unspecified atom stereocenters. The minimum atomic E-state index is -4.57. The number of rotatable bonds is 4. The Balaban J connectivity index is 2.62. The first-order valence-electron chi connectivity index (χ1n) is 5.99. The molecule has 8 heteroatoms. The van der Waals surface area contributed by atoms with E-state index in [1.165, 1.54) is 0 Å². The second-order valence-corrected chi connectivity index (χ2v) is 4.73. The van der Waals surface area contributed by atoms with Crippen LogP contribution < -0.4 is 0 Å². The van der Waals surface area contributed by atoms with Crippen LogP contribution in [0.2, 0.25) is 0 Å². The van der Waals surface area contributed by atoms with E-state index in [1.54, 1.807) is 0 Å². The van der Waals surface area contributed by atoms with Crippen LogP contribution in [-0.4, -0.2) is 47.7 Å². The highest BCUT2D eigenvalue weighted by atomic mass is 19.4. The summed E-state index contributed by atoms with van der Waals surface area (Å²) in [6, 6.07) is 0. The third-order valence-electron chi connectivity index (χ3n) is 3.12. The minimum absolute atomic E-state index is 0.119. The third kappa shape index (κ3) is 5.30. The molecule has 1 aliphatic rings. The molecule has 0 bridgehead atoms. The van der Waals surface area contributed by atoms with Crippen LogP contribution in [0.15, 0.2) is 0 Å². The van der Waals surface area contributed by atoms with Crippen molar-refractivity contribution >= 4 is 5.91 Å². The predicted molar refractivity (Wildman–Crippen MR) is 56.6 cm³/mol. The van der Waals surface area contributed by atoms with Gasteiger partial charge in [0, 0.05) is 25.3 Å². The first kappa shape index (κ1) is 16.1. The molecule has 112 valence electrons. The van der Waals surface area contributed by atoms with Crippen LogP contribution in [-0.2, 0) is 4.79 Å². The zero-order chi connectivity index (χ0) is 14.7. The van der Waals surface area contributed by atoms with Gasteiger partial charge in [-0.15, -0.1) is 0 Å². The first-order valence-corrected chi connectivity index (χ1v) is 5.99. The van der Waals surface area contributed by atoms with Gasteiger partial charge in [0.05, 0.1) is 6.61 Å². The topological polar surface area (TPSA) is 40.5 Å². The number of aliphatic hydroxyl groups is 1. The molecule has 0 aliphatic heterocycles. The summed E-state index contributed by atoms with van der Waals surface area (Å²) >= 11 is 0. The van der Waals surface area contributed by atoms with Crippen molar-refractivity contribution in [3.05, 3.63) is 0 Å². The molecule has 0 radical (unpaired) electrons. The SMILES string of the molecule is O=C(C1CCC(F)(F)CC1)N(CCO)CC(F)(F)F. The van der Waals surface area contributed by atoms with Crippen molar-refractivity contribution in [3.8, 4) is 0 Å². The van der Waals surface area contributed by atoms with Crippen LogP contribution in [0.3, 0.4) is 0 Å². The Morgan fingerprint density at radius 2 is 1.79 bits per heavy atom. The van der Waals surface area contributed by atoms with Gasteiger partial charge in [-0.2, -0.15) is 13.2 Å². The van der Waals surface area contributed by atoms with E-state index in [1.807, 2.05) is 0 Å². The van der Waals surface area contributed by atoms with Crippen LogP contribution in [0.25, 0.3) is 0 Å². The van der Waals surface area contributed by atoms with E-state index in [4.69, 9.17) is 5.11 Å². The van der Waals surface area contributed by atoms with Crippen LogP contribution in [0.5, 0.6) is 0 Å². The second kappa shape index (κ2) is 6.02. The molecule has 0 aromatic heterocycles. The van der Waals surface area contributed by atoms with Gasteiger partial charge >= 0.3 is 6.18 Å². The van der Waals surface area contributed by atoms with E-state index >= 15 is 0 Å². The Hall–Kier alpha value is -0.920. The maximum atomic E-state index is 12.9. The van der Waals surface area contributed by atoms with Crippen molar-refractivity contribution in [1.29, 1.82) is 0 Å². The molecule has 0 spiro atoms. The van der Waals surface area contributed by atoms with Crippen LogP contribution >= 0.6 is 0 Å². The van der Waals surface area contributed by atoms with E-state index in [9.17, 15) is 26.7 Å². The Morgan fingerprint density at radius 3 is 2.21 bits per heavy atom. The molecule has 0 aromatic rings. The Bertz CT molecular complexity index is 309. The summed E-state index contributed by atoms with van der Waals surface area (Å²) in [4.78, 5) is 12.3. The Kier molecular flexibility index (Phi) is 5.11. The van der Waals surface area contributed by atoms with Crippen molar-refractivity contribution in [2.24, 2.45) is 5.92 Å². The zero-order valence-electron chi connectivity index (χ0n) is 10.2. The van der Waals surface area contributed by atoms with Gasteiger partial charge < -0.3 is 10.0 Å². The zero-order valence-corrected chi connectivity index (χ0v) is 10.2. The minimum Gasteiger partial charge on any atom is -0.395 e. The number of aliphatic hydroxyl groups excluding tert-OH is 1. The lowest BCUT2D eigenvalue weighted by Crippen LogP contribution is -2.45. The number of amides is 1. The summed E-state index contributed by atoms with van der Waals surface area (Å²) in [5.74, 6) is -4.45. The molecule has 0 aromatic carbocycles. The smallest absolute Gasteiger partial charge is 0.395 e. The quantitative estimate of drug-likeness (QED) is 0.806. The summed E-state index contributed by atoms with van der Waals surface area (Å²) in [6.07, 6.45) is -5.77. The average molecular weight is 289 g/mol. The lowest BCUT2D eigenvalue weighted by molar-refractivity contribution is -0.166. The Morgan fingerprint density at radius 1 is 1.26 bits per heavy atom. The molecule has 1 saturated carbocycles. The van der Waals surface area contributed by atoms with Crippen molar-refractivity contribution in [2.45, 2.75) is 37.8 Å². The largest absolute Gasteiger partial charge is 0.406 e. The van der Waals surface area contributed by atoms with Crippen molar-refractivity contribution in [2.75, 3.05) is 19.7 Å². The molecular weight excluding hydrogens is 273 g/mol. The second-order valence-electron chi connectivity index (χ2n) is 4.73. The lowest BCUT2D eigenvalue weighted by atomic mass is 9.86. The molecule has 0 heterocycles.